The van der Waals surface area contributed by atoms with Gasteiger partial charge in [-0.3, -0.25) is 0 Å². The molecular weight excluding hydrogens is 228 g/mol. The highest BCUT2D eigenvalue weighted by Crippen LogP contribution is 2.21. The second kappa shape index (κ2) is 10.3. The normalized spacial score (nSPS) is 13.9. The van der Waals surface area contributed by atoms with Gasteiger partial charge in [0.05, 0.1) is 11.7 Å². The van der Waals surface area contributed by atoms with Gasteiger partial charge < -0.3 is 4.74 Å². The number of thiol groups is 1. The van der Waals surface area contributed by atoms with E-state index in [1.807, 2.05) is 0 Å². The Morgan fingerprint density at radius 1 is 1.00 bits per heavy atom. The number of rotatable bonds is 11. The van der Waals surface area contributed by atoms with Gasteiger partial charge in [0, 0.05) is 5.75 Å². The maximum atomic E-state index is 5.96. The summed E-state index contributed by atoms with van der Waals surface area (Å²) < 4.78 is 5.96. The number of ether oxygens (including phenoxy) is 1. The Labute approximate surface area is 114 Å². The summed E-state index contributed by atoms with van der Waals surface area (Å²) in [4.78, 5) is 0. The third-order valence-corrected chi connectivity index (χ3v) is 3.67. The van der Waals surface area contributed by atoms with Crippen molar-refractivity contribution in [2.24, 2.45) is 0 Å². The van der Waals surface area contributed by atoms with E-state index in [1.54, 1.807) is 0 Å². The molecule has 1 unspecified atom stereocenters. The standard InChI is InChI=1S/C15H32OS/c1-5-6-7-8-9-10-11-12-15(3,4)16-14(2)13-17/h14,17H,5-13H2,1-4H3. The lowest BCUT2D eigenvalue weighted by molar-refractivity contribution is -0.0594. The molecule has 0 aromatic heterocycles. The van der Waals surface area contributed by atoms with Gasteiger partial charge in [0.15, 0.2) is 0 Å². The van der Waals surface area contributed by atoms with Crippen LogP contribution in [0.5, 0.6) is 0 Å². The molecule has 0 aromatic rings. The van der Waals surface area contributed by atoms with Crippen molar-refractivity contribution >= 4 is 12.6 Å². The molecule has 0 bridgehead atoms. The molecule has 1 nitrogen and oxygen atoms in total. The van der Waals surface area contributed by atoms with Crippen LogP contribution in [0.3, 0.4) is 0 Å². The van der Waals surface area contributed by atoms with E-state index in [-0.39, 0.29) is 11.7 Å². The largest absolute Gasteiger partial charge is 0.372 e. The molecule has 0 saturated carbocycles. The van der Waals surface area contributed by atoms with Gasteiger partial charge in [0.25, 0.3) is 0 Å². The Bertz CT molecular complexity index is 168. The molecule has 0 aromatic carbocycles. The fourth-order valence-corrected chi connectivity index (χ4v) is 2.22. The molecule has 1 atom stereocenters. The van der Waals surface area contributed by atoms with Gasteiger partial charge >= 0.3 is 0 Å². The highest BCUT2D eigenvalue weighted by Gasteiger charge is 2.20. The zero-order chi connectivity index (χ0) is 13.1. The van der Waals surface area contributed by atoms with Crippen LogP contribution in [0.15, 0.2) is 0 Å². The van der Waals surface area contributed by atoms with Crippen LogP contribution in [0.2, 0.25) is 0 Å². The summed E-state index contributed by atoms with van der Waals surface area (Å²) in [6.45, 7) is 8.76. The maximum absolute atomic E-state index is 5.96. The molecule has 104 valence electrons. The minimum Gasteiger partial charge on any atom is -0.372 e. The minimum atomic E-state index is 0.0194. The summed E-state index contributed by atoms with van der Waals surface area (Å²) in [5.41, 5.74) is 0.0194. The van der Waals surface area contributed by atoms with E-state index in [0.29, 0.717) is 0 Å². The predicted molar refractivity (Wildman–Crippen MR) is 81.1 cm³/mol. The smallest absolute Gasteiger partial charge is 0.0642 e. The van der Waals surface area contributed by atoms with Crippen LogP contribution < -0.4 is 0 Å². The van der Waals surface area contributed by atoms with Gasteiger partial charge in [-0.15, -0.1) is 0 Å². The van der Waals surface area contributed by atoms with Crippen molar-refractivity contribution < 1.29 is 4.74 Å². The zero-order valence-corrected chi connectivity index (χ0v) is 13.2. The second-order valence-electron chi connectivity index (χ2n) is 5.74. The van der Waals surface area contributed by atoms with Gasteiger partial charge in [-0.25, -0.2) is 0 Å². The minimum absolute atomic E-state index is 0.0194. The average Bonchev–Trinajstić information content (AvgIpc) is 2.27. The van der Waals surface area contributed by atoms with E-state index in [0.717, 1.165) is 5.75 Å². The molecule has 2 heteroatoms. The molecule has 0 aliphatic carbocycles. The zero-order valence-electron chi connectivity index (χ0n) is 12.3. The van der Waals surface area contributed by atoms with Crippen LogP contribution in [0.4, 0.5) is 0 Å². The fourth-order valence-electron chi connectivity index (χ4n) is 2.15. The van der Waals surface area contributed by atoms with Gasteiger partial charge in [0.1, 0.15) is 0 Å². The van der Waals surface area contributed by atoms with Crippen molar-refractivity contribution in [1.82, 2.24) is 0 Å². The van der Waals surface area contributed by atoms with Crippen molar-refractivity contribution in [2.45, 2.75) is 90.8 Å². The SMILES string of the molecule is CCCCCCCCCC(C)(C)OC(C)CS. The van der Waals surface area contributed by atoms with Gasteiger partial charge in [-0.05, 0) is 27.2 Å². The average molecular weight is 260 g/mol. The highest BCUT2D eigenvalue weighted by atomic mass is 32.1. The quantitative estimate of drug-likeness (QED) is 0.395. The Morgan fingerprint density at radius 3 is 2.06 bits per heavy atom. The van der Waals surface area contributed by atoms with Crippen LogP contribution in [-0.4, -0.2) is 17.5 Å². The van der Waals surface area contributed by atoms with E-state index in [2.05, 4.69) is 40.3 Å². The summed E-state index contributed by atoms with van der Waals surface area (Å²) in [7, 11) is 0. The fraction of sp³-hybridized carbons (Fsp3) is 1.00. The lowest BCUT2D eigenvalue weighted by atomic mass is 9.99. The van der Waals surface area contributed by atoms with Crippen LogP contribution in [0.1, 0.15) is 79.1 Å². The van der Waals surface area contributed by atoms with Crippen molar-refractivity contribution in [2.75, 3.05) is 5.75 Å². The van der Waals surface area contributed by atoms with Crippen molar-refractivity contribution in [3.8, 4) is 0 Å². The third kappa shape index (κ3) is 11.1. The maximum Gasteiger partial charge on any atom is 0.0642 e. The summed E-state index contributed by atoms with van der Waals surface area (Å²) in [6.07, 6.45) is 11.0. The first-order valence-electron chi connectivity index (χ1n) is 7.30. The van der Waals surface area contributed by atoms with Gasteiger partial charge in [-0.1, -0.05) is 51.9 Å². The molecule has 0 saturated heterocycles. The lowest BCUT2D eigenvalue weighted by Crippen LogP contribution is -2.30. The van der Waals surface area contributed by atoms with E-state index in [1.165, 1.54) is 51.4 Å². The van der Waals surface area contributed by atoms with Crippen LogP contribution in [0.25, 0.3) is 0 Å². The molecule has 0 aliphatic rings. The van der Waals surface area contributed by atoms with Crippen LogP contribution in [0, 0.1) is 0 Å². The van der Waals surface area contributed by atoms with Crippen molar-refractivity contribution in [3.05, 3.63) is 0 Å². The second-order valence-corrected chi connectivity index (χ2v) is 6.11. The molecule has 0 rings (SSSR count). The molecule has 0 aliphatic heterocycles. The van der Waals surface area contributed by atoms with Crippen LogP contribution >= 0.6 is 12.6 Å². The van der Waals surface area contributed by atoms with E-state index < -0.39 is 0 Å². The summed E-state index contributed by atoms with van der Waals surface area (Å²) in [5.74, 6) is 0.806. The monoisotopic (exact) mass is 260 g/mol. The molecular formula is C15H32OS. The first kappa shape index (κ1) is 17.3. The molecule has 17 heavy (non-hydrogen) atoms. The topological polar surface area (TPSA) is 9.23 Å². The molecule has 0 amide bonds. The van der Waals surface area contributed by atoms with E-state index in [4.69, 9.17) is 4.74 Å². The van der Waals surface area contributed by atoms with Crippen molar-refractivity contribution in [3.63, 3.8) is 0 Å². The van der Waals surface area contributed by atoms with Gasteiger partial charge in [0.2, 0.25) is 0 Å². The van der Waals surface area contributed by atoms with Crippen LogP contribution in [-0.2, 0) is 4.74 Å². The summed E-state index contributed by atoms with van der Waals surface area (Å²) in [5, 5.41) is 0. The number of unbranched alkanes of at least 4 members (excludes halogenated alkanes) is 6. The van der Waals surface area contributed by atoms with Gasteiger partial charge in [-0.2, -0.15) is 12.6 Å². The Morgan fingerprint density at radius 2 is 1.53 bits per heavy atom. The molecule has 0 heterocycles. The number of hydrogen-bond acceptors (Lipinski definition) is 2. The third-order valence-electron chi connectivity index (χ3n) is 3.16. The molecule has 0 N–H and O–H groups in total. The Balaban J connectivity index is 3.45. The summed E-state index contributed by atoms with van der Waals surface area (Å²) >= 11 is 4.26. The van der Waals surface area contributed by atoms with Crippen molar-refractivity contribution in [1.29, 1.82) is 0 Å². The van der Waals surface area contributed by atoms with E-state index in [9.17, 15) is 0 Å². The Kier molecular flexibility index (Phi) is 10.4. The molecule has 0 spiro atoms. The molecule has 0 radical (unpaired) electrons. The summed E-state index contributed by atoms with van der Waals surface area (Å²) in [6, 6.07) is 0. The first-order chi connectivity index (χ1) is 8.02. The number of hydrogen-bond donors (Lipinski definition) is 1. The molecule has 0 fully saturated rings. The highest BCUT2D eigenvalue weighted by molar-refractivity contribution is 7.80. The lowest BCUT2D eigenvalue weighted by Gasteiger charge is -2.28. The first-order valence-corrected chi connectivity index (χ1v) is 7.93. The predicted octanol–water partition coefficient (Wildman–Crippen LogP) is 5.24. The van der Waals surface area contributed by atoms with E-state index >= 15 is 0 Å². The Hall–Kier alpha value is 0.310.